The lowest BCUT2D eigenvalue weighted by Gasteiger charge is -2.48. The Morgan fingerprint density at radius 2 is 0.805 bits per heavy atom. The molecule has 12 N–H and O–H groups in total. The number of unbranched alkanes of at least 4 members (excludes halogenated alkanes) is 29. The fourth-order valence-corrected chi connectivity index (χ4v) is 10.5. The van der Waals surface area contributed by atoms with E-state index in [9.17, 15) is 61.0 Å². The van der Waals surface area contributed by atoms with E-state index in [1.54, 1.807) is 6.08 Å². The minimum absolute atomic E-state index is 0.248. The summed E-state index contributed by atoms with van der Waals surface area (Å²) in [6.45, 7) is 1.72. The maximum Gasteiger partial charge on any atom is 0.220 e. The van der Waals surface area contributed by atoms with Crippen LogP contribution >= 0.6 is 0 Å². The number of carbonyl (C=O) groups excluding carboxylic acids is 1. The van der Waals surface area contributed by atoms with Crippen LogP contribution < -0.4 is 5.32 Å². The molecule has 0 spiro atoms. The van der Waals surface area contributed by atoms with Crippen LogP contribution in [0, 0.1) is 0 Å². The molecule has 3 heterocycles. The lowest BCUT2D eigenvalue weighted by atomic mass is 9.96. The van der Waals surface area contributed by atoms with E-state index in [0.29, 0.717) is 6.42 Å². The van der Waals surface area contributed by atoms with Crippen LogP contribution in [0.3, 0.4) is 0 Å². The maximum atomic E-state index is 13.3. The average Bonchev–Trinajstić information content (AvgIpc) is 3.42. The van der Waals surface area contributed by atoms with Gasteiger partial charge in [-0.15, -0.1) is 0 Å². The third-order valence-electron chi connectivity index (χ3n) is 15.6. The van der Waals surface area contributed by atoms with Crippen molar-refractivity contribution in [2.45, 2.75) is 324 Å². The first kappa shape index (κ1) is 69.8. The summed E-state index contributed by atoms with van der Waals surface area (Å²) in [5.41, 5.74) is 0. The second-order valence-corrected chi connectivity index (χ2v) is 22.2. The SMILES string of the molecule is CCCCCCCCCCCCCCCCCCCCC/C=C/C(O)C(COC1OC(CO)C(OC2OC(CO)C(OC3OC(CO)C(O)C(O)C3O)C(O)C2O)C(O)C1O)NC(=O)CCCCCCCCCCCCC. The summed E-state index contributed by atoms with van der Waals surface area (Å²) in [4.78, 5) is 13.3. The Bertz CT molecular complexity index is 1460. The lowest BCUT2D eigenvalue weighted by Crippen LogP contribution is -2.66. The van der Waals surface area contributed by atoms with Crippen molar-refractivity contribution in [3.8, 4) is 0 Å². The molecule has 3 saturated heterocycles. The number of rotatable bonds is 45. The number of hydrogen-bond acceptors (Lipinski definition) is 18. The van der Waals surface area contributed by atoms with Crippen LogP contribution in [0.4, 0.5) is 0 Å². The van der Waals surface area contributed by atoms with Gasteiger partial charge in [-0.05, 0) is 19.3 Å². The van der Waals surface area contributed by atoms with Crippen molar-refractivity contribution in [2.24, 2.45) is 0 Å². The molecule has 17 unspecified atom stereocenters. The zero-order chi connectivity index (χ0) is 56.2. The average molecular weight is 1110 g/mol. The largest absolute Gasteiger partial charge is 0.394 e. The van der Waals surface area contributed by atoms with E-state index in [0.717, 1.165) is 44.9 Å². The van der Waals surface area contributed by atoms with Gasteiger partial charge in [-0.25, -0.2) is 0 Å². The van der Waals surface area contributed by atoms with Gasteiger partial charge in [0.25, 0.3) is 0 Å². The smallest absolute Gasteiger partial charge is 0.220 e. The summed E-state index contributed by atoms with van der Waals surface area (Å²) >= 11 is 0. The Labute approximate surface area is 461 Å². The molecule has 0 aromatic carbocycles. The van der Waals surface area contributed by atoms with Crippen LogP contribution in [0.25, 0.3) is 0 Å². The molecule has 0 aromatic rings. The number of ether oxygens (including phenoxy) is 6. The number of hydrogen-bond donors (Lipinski definition) is 12. The Balaban J connectivity index is 1.48. The van der Waals surface area contributed by atoms with Crippen LogP contribution in [0.5, 0.6) is 0 Å². The Morgan fingerprint density at radius 1 is 0.455 bits per heavy atom. The molecule has 3 fully saturated rings. The molecule has 3 aliphatic heterocycles. The lowest BCUT2D eigenvalue weighted by molar-refractivity contribution is -0.379. The molecular weight excluding hydrogens is 999 g/mol. The van der Waals surface area contributed by atoms with Crippen molar-refractivity contribution in [1.82, 2.24) is 5.32 Å². The van der Waals surface area contributed by atoms with E-state index in [4.69, 9.17) is 28.4 Å². The highest BCUT2D eigenvalue weighted by molar-refractivity contribution is 5.76. The molecule has 0 bridgehead atoms. The van der Waals surface area contributed by atoms with Gasteiger partial charge in [0.05, 0.1) is 38.6 Å². The van der Waals surface area contributed by atoms with Crippen LogP contribution in [0.1, 0.15) is 219 Å². The molecule has 19 nitrogen and oxygen atoms in total. The molecular formula is C58H109NO18. The van der Waals surface area contributed by atoms with Gasteiger partial charge in [0.15, 0.2) is 18.9 Å². The minimum atomic E-state index is -1.97. The quantitative estimate of drug-likeness (QED) is 0.0269. The van der Waals surface area contributed by atoms with Gasteiger partial charge < -0.3 is 89.9 Å². The molecule has 454 valence electrons. The molecule has 77 heavy (non-hydrogen) atoms. The van der Waals surface area contributed by atoms with E-state index >= 15 is 0 Å². The van der Waals surface area contributed by atoms with E-state index < -0.39 is 124 Å². The van der Waals surface area contributed by atoms with Crippen molar-refractivity contribution < 1.29 is 89.4 Å². The van der Waals surface area contributed by atoms with Gasteiger partial charge in [0.1, 0.15) is 73.2 Å². The van der Waals surface area contributed by atoms with Crippen LogP contribution in [-0.2, 0) is 33.2 Å². The molecule has 17 atom stereocenters. The molecule has 0 radical (unpaired) electrons. The number of nitrogens with one attached hydrogen (secondary N) is 1. The Kier molecular flexibility index (Phi) is 38.4. The van der Waals surface area contributed by atoms with Crippen molar-refractivity contribution in [2.75, 3.05) is 26.4 Å². The molecule has 0 aliphatic carbocycles. The number of aliphatic hydroxyl groups is 11. The second kappa shape index (κ2) is 42.4. The van der Waals surface area contributed by atoms with E-state index in [1.807, 2.05) is 6.08 Å². The van der Waals surface area contributed by atoms with Crippen molar-refractivity contribution in [3.63, 3.8) is 0 Å². The number of amides is 1. The molecule has 0 saturated carbocycles. The Hall–Kier alpha value is -1.47. The number of allylic oxidation sites excluding steroid dienone is 1. The third kappa shape index (κ3) is 26.5. The van der Waals surface area contributed by atoms with Gasteiger partial charge in [-0.1, -0.05) is 206 Å². The summed E-state index contributed by atoms with van der Waals surface area (Å²) < 4.78 is 34.2. The van der Waals surface area contributed by atoms with Gasteiger partial charge in [-0.2, -0.15) is 0 Å². The summed E-state index contributed by atoms with van der Waals surface area (Å²) in [5.74, 6) is -0.275. The molecule has 3 rings (SSSR count). The summed E-state index contributed by atoms with van der Waals surface area (Å²) in [5, 5.41) is 120. The second-order valence-electron chi connectivity index (χ2n) is 22.2. The van der Waals surface area contributed by atoms with Crippen LogP contribution in [0.2, 0.25) is 0 Å². The first-order valence-corrected chi connectivity index (χ1v) is 30.4. The van der Waals surface area contributed by atoms with Gasteiger partial charge >= 0.3 is 0 Å². The normalized spacial score (nSPS) is 30.7. The minimum Gasteiger partial charge on any atom is -0.394 e. The van der Waals surface area contributed by atoms with Crippen LogP contribution in [-0.4, -0.2) is 193 Å². The standard InChI is InChI=1S/C58H109NO18/c1-3-5-7-9-11-13-15-16-17-18-19-20-21-22-23-24-26-27-29-31-33-35-42(63)41(59-46(64)36-34-32-30-28-25-14-12-10-8-6-4-2)40-72-56-52(70)49(67)54(44(38-61)74-56)77-58-53(71)50(68)55(45(39-62)75-58)76-57-51(69)48(66)47(65)43(37-60)73-57/h33,35,41-45,47-58,60-63,65-71H,3-32,34,36-40H2,1-2H3,(H,59,64)/b35-33+. The van der Waals surface area contributed by atoms with E-state index in [1.165, 1.54) is 148 Å². The van der Waals surface area contributed by atoms with Gasteiger partial charge in [0.2, 0.25) is 5.91 Å². The van der Waals surface area contributed by atoms with Crippen molar-refractivity contribution in [3.05, 3.63) is 12.2 Å². The highest BCUT2D eigenvalue weighted by atomic mass is 16.8. The maximum absolute atomic E-state index is 13.3. The van der Waals surface area contributed by atoms with E-state index in [-0.39, 0.29) is 18.9 Å². The first-order chi connectivity index (χ1) is 37.3. The summed E-state index contributed by atoms with van der Waals surface area (Å²) in [6, 6.07) is -0.966. The molecule has 0 aromatic heterocycles. The Morgan fingerprint density at radius 3 is 1.22 bits per heavy atom. The number of carbonyl (C=O) groups is 1. The number of aliphatic hydroxyl groups excluding tert-OH is 11. The van der Waals surface area contributed by atoms with Crippen LogP contribution in [0.15, 0.2) is 12.2 Å². The zero-order valence-electron chi connectivity index (χ0n) is 47.2. The highest BCUT2D eigenvalue weighted by Crippen LogP contribution is 2.33. The third-order valence-corrected chi connectivity index (χ3v) is 15.6. The molecule has 1 amide bonds. The predicted octanol–water partition coefficient (Wildman–Crippen LogP) is 5.38. The van der Waals surface area contributed by atoms with Gasteiger partial charge in [-0.3, -0.25) is 4.79 Å². The first-order valence-electron chi connectivity index (χ1n) is 30.4. The van der Waals surface area contributed by atoms with Gasteiger partial charge in [0, 0.05) is 6.42 Å². The van der Waals surface area contributed by atoms with Crippen molar-refractivity contribution >= 4 is 5.91 Å². The highest BCUT2D eigenvalue weighted by Gasteiger charge is 2.53. The molecule has 3 aliphatic rings. The van der Waals surface area contributed by atoms with E-state index in [2.05, 4.69) is 19.2 Å². The topological polar surface area (TPSA) is 307 Å². The predicted molar refractivity (Wildman–Crippen MR) is 291 cm³/mol. The fraction of sp³-hybridized carbons (Fsp3) is 0.948. The monoisotopic (exact) mass is 1110 g/mol. The summed E-state index contributed by atoms with van der Waals surface area (Å²) in [6.07, 6.45) is 14.9. The molecule has 19 heteroatoms. The zero-order valence-corrected chi connectivity index (χ0v) is 47.2. The van der Waals surface area contributed by atoms with Crippen molar-refractivity contribution in [1.29, 1.82) is 0 Å². The fourth-order valence-electron chi connectivity index (χ4n) is 10.5. The summed E-state index contributed by atoms with van der Waals surface area (Å²) in [7, 11) is 0.